The molecule has 1 aromatic carbocycles. The van der Waals surface area contributed by atoms with E-state index in [2.05, 4.69) is 10.6 Å². The summed E-state index contributed by atoms with van der Waals surface area (Å²) < 4.78 is 5.15. The number of hydrogen-bond donors (Lipinski definition) is 3. The van der Waals surface area contributed by atoms with Crippen LogP contribution in [0.25, 0.3) is 6.08 Å². The molecular formula is C17H23N3O3. The summed E-state index contributed by atoms with van der Waals surface area (Å²) in [4.78, 5) is 22.4. The predicted molar refractivity (Wildman–Crippen MR) is 91.8 cm³/mol. The van der Waals surface area contributed by atoms with Crippen LogP contribution in [0.3, 0.4) is 0 Å². The zero-order valence-corrected chi connectivity index (χ0v) is 13.5. The monoisotopic (exact) mass is 317 g/mol. The first kappa shape index (κ1) is 18.4. The predicted octanol–water partition coefficient (Wildman–Crippen LogP) is 2.20. The van der Waals surface area contributed by atoms with Crippen molar-refractivity contribution in [3.8, 4) is 0 Å². The minimum atomic E-state index is -0.476. The second-order valence-corrected chi connectivity index (χ2v) is 4.85. The third-order valence-electron chi connectivity index (χ3n) is 3.22. The van der Waals surface area contributed by atoms with E-state index in [-0.39, 0.29) is 12.3 Å². The van der Waals surface area contributed by atoms with E-state index in [0.717, 1.165) is 11.8 Å². The fraction of sp³-hybridized carbons (Fsp3) is 0.353. The zero-order chi connectivity index (χ0) is 17.1. The average Bonchev–Trinajstić information content (AvgIpc) is 2.59. The summed E-state index contributed by atoms with van der Waals surface area (Å²) in [5.74, 6) is -0.109. The van der Waals surface area contributed by atoms with Gasteiger partial charge >= 0.3 is 0 Å². The van der Waals surface area contributed by atoms with Crippen molar-refractivity contribution >= 4 is 30.2 Å². The van der Waals surface area contributed by atoms with Crippen LogP contribution in [0.5, 0.6) is 0 Å². The average molecular weight is 317 g/mol. The highest BCUT2D eigenvalue weighted by Gasteiger charge is 2.11. The molecule has 1 unspecified atom stereocenters. The minimum Gasteiger partial charge on any atom is -0.501 e. The van der Waals surface area contributed by atoms with Crippen molar-refractivity contribution in [2.45, 2.75) is 25.8 Å². The summed E-state index contributed by atoms with van der Waals surface area (Å²) in [6.07, 6.45) is 6.08. The molecule has 0 saturated carbocycles. The molecule has 6 nitrogen and oxygen atoms in total. The highest BCUT2D eigenvalue weighted by Crippen LogP contribution is 2.18. The van der Waals surface area contributed by atoms with Gasteiger partial charge in [-0.15, -0.1) is 0 Å². The topological polar surface area (TPSA) is 91.3 Å². The van der Waals surface area contributed by atoms with Gasteiger partial charge in [0.1, 0.15) is 6.29 Å². The molecule has 0 bridgehead atoms. The quantitative estimate of drug-likeness (QED) is 0.350. The van der Waals surface area contributed by atoms with E-state index in [9.17, 15) is 9.59 Å². The molecule has 0 heterocycles. The maximum absolute atomic E-state index is 11.3. The molecule has 0 spiro atoms. The maximum Gasteiger partial charge on any atom is 0.219 e. The van der Waals surface area contributed by atoms with Gasteiger partial charge in [0.25, 0.3) is 0 Å². The van der Waals surface area contributed by atoms with Crippen molar-refractivity contribution in [1.82, 2.24) is 5.32 Å². The van der Waals surface area contributed by atoms with Gasteiger partial charge in [-0.25, -0.2) is 0 Å². The molecule has 3 N–H and O–H groups in total. The fourth-order valence-corrected chi connectivity index (χ4v) is 1.94. The molecule has 0 aliphatic rings. The normalized spacial score (nSPS) is 11.7. The molecule has 0 radical (unpaired) electrons. The number of aldehydes is 1. The van der Waals surface area contributed by atoms with Crippen molar-refractivity contribution < 1.29 is 14.3 Å². The summed E-state index contributed by atoms with van der Waals surface area (Å²) in [6, 6.07) is 5.02. The van der Waals surface area contributed by atoms with E-state index in [1.807, 2.05) is 31.2 Å². The number of carbonyl (C=O) groups excluding carboxylic acids is 2. The molecule has 1 rings (SSSR count). The van der Waals surface area contributed by atoms with Gasteiger partial charge in [-0.05, 0) is 37.1 Å². The van der Waals surface area contributed by atoms with Crippen molar-refractivity contribution in [2.75, 3.05) is 19.0 Å². The van der Waals surface area contributed by atoms with Gasteiger partial charge < -0.3 is 25.6 Å². The molecular weight excluding hydrogens is 294 g/mol. The van der Waals surface area contributed by atoms with Crippen LogP contribution in [0.1, 0.15) is 30.9 Å². The number of anilines is 1. The minimum absolute atomic E-state index is 0.109. The van der Waals surface area contributed by atoms with Crippen LogP contribution >= 0.6 is 0 Å². The SMILES string of the molecule is CCO/C=C/c1ccc(NC(C=O)CCC(=O)NC)c(C=N)c1. The Morgan fingerprint density at radius 1 is 1.43 bits per heavy atom. The standard InChI is InChI=1S/C17H23N3O3/c1-3-23-9-8-13-4-6-16(14(10-13)11-18)20-15(12-21)5-7-17(22)19-2/h4,6,8-12,15,18,20H,3,5,7H2,1-2H3,(H,19,22)/b9-8+,18-11?. The Labute approximate surface area is 136 Å². The van der Waals surface area contributed by atoms with Gasteiger partial charge in [0, 0.05) is 30.9 Å². The van der Waals surface area contributed by atoms with Gasteiger partial charge in [0.05, 0.1) is 18.9 Å². The van der Waals surface area contributed by atoms with Gasteiger partial charge in [-0.1, -0.05) is 6.07 Å². The summed E-state index contributed by atoms with van der Waals surface area (Å²) in [5, 5.41) is 13.1. The van der Waals surface area contributed by atoms with Crippen LogP contribution in [0.4, 0.5) is 5.69 Å². The lowest BCUT2D eigenvalue weighted by Crippen LogP contribution is -2.25. The Morgan fingerprint density at radius 3 is 2.83 bits per heavy atom. The third-order valence-corrected chi connectivity index (χ3v) is 3.22. The molecule has 1 amide bonds. The Bertz CT molecular complexity index is 570. The molecule has 0 aliphatic carbocycles. The first-order chi connectivity index (χ1) is 11.1. The molecule has 0 saturated heterocycles. The number of benzene rings is 1. The Balaban J connectivity index is 2.79. The number of rotatable bonds is 10. The Hall–Kier alpha value is -2.63. The lowest BCUT2D eigenvalue weighted by molar-refractivity contribution is -0.120. The number of ether oxygens (including phenoxy) is 1. The number of nitrogens with one attached hydrogen (secondary N) is 3. The summed E-state index contributed by atoms with van der Waals surface area (Å²) in [7, 11) is 1.56. The van der Waals surface area contributed by atoms with Crippen molar-refractivity contribution in [3.63, 3.8) is 0 Å². The van der Waals surface area contributed by atoms with Gasteiger partial charge in [0.2, 0.25) is 5.91 Å². The molecule has 1 aromatic rings. The van der Waals surface area contributed by atoms with E-state index >= 15 is 0 Å². The summed E-state index contributed by atoms with van der Waals surface area (Å²) in [6.45, 7) is 2.50. The van der Waals surface area contributed by atoms with E-state index in [1.165, 1.54) is 6.21 Å². The number of amides is 1. The van der Waals surface area contributed by atoms with Crippen molar-refractivity contribution in [3.05, 3.63) is 35.6 Å². The second kappa shape index (κ2) is 10.2. The van der Waals surface area contributed by atoms with Crippen LogP contribution in [0, 0.1) is 5.41 Å². The van der Waals surface area contributed by atoms with Crippen LogP contribution in [0.15, 0.2) is 24.5 Å². The molecule has 23 heavy (non-hydrogen) atoms. The van der Waals surface area contributed by atoms with Crippen LogP contribution < -0.4 is 10.6 Å². The summed E-state index contributed by atoms with van der Waals surface area (Å²) in [5.41, 5.74) is 2.24. The lowest BCUT2D eigenvalue weighted by Gasteiger charge is -2.16. The molecule has 0 fully saturated rings. The lowest BCUT2D eigenvalue weighted by atomic mass is 10.1. The molecule has 6 heteroatoms. The van der Waals surface area contributed by atoms with Crippen LogP contribution in [-0.4, -0.2) is 38.1 Å². The first-order valence-electron chi connectivity index (χ1n) is 7.49. The van der Waals surface area contributed by atoms with Crippen LogP contribution in [0.2, 0.25) is 0 Å². The van der Waals surface area contributed by atoms with Gasteiger partial charge in [-0.2, -0.15) is 0 Å². The van der Waals surface area contributed by atoms with Crippen molar-refractivity contribution in [1.29, 1.82) is 5.41 Å². The van der Waals surface area contributed by atoms with Gasteiger partial charge in [-0.3, -0.25) is 4.79 Å². The highest BCUT2D eigenvalue weighted by atomic mass is 16.5. The number of hydrogen-bond acceptors (Lipinski definition) is 5. The second-order valence-electron chi connectivity index (χ2n) is 4.85. The zero-order valence-electron chi connectivity index (χ0n) is 13.5. The third kappa shape index (κ3) is 6.34. The molecule has 0 aromatic heterocycles. The van der Waals surface area contributed by atoms with E-state index in [0.29, 0.717) is 24.3 Å². The summed E-state index contributed by atoms with van der Waals surface area (Å²) >= 11 is 0. The highest BCUT2D eigenvalue weighted by molar-refractivity contribution is 5.88. The Kier molecular flexibility index (Phi) is 8.13. The number of carbonyl (C=O) groups is 2. The smallest absolute Gasteiger partial charge is 0.219 e. The van der Waals surface area contributed by atoms with Crippen LogP contribution in [-0.2, 0) is 14.3 Å². The van der Waals surface area contributed by atoms with E-state index in [4.69, 9.17) is 10.1 Å². The largest absolute Gasteiger partial charge is 0.501 e. The fourth-order valence-electron chi connectivity index (χ4n) is 1.94. The van der Waals surface area contributed by atoms with E-state index < -0.39 is 6.04 Å². The molecule has 1 atom stereocenters. The Morgan fingerprint density at radius 2 is 2.22 bits per heavy atom. The first-order valence-corrected chi connectivity index (χ1v) is 7.49. The van der Waals surface area contributed by atoms with Crippen molar-refractivity contribution in [2.24, 2.45) is 0 Å². The van der Waals surface area contributed by atoms with Gasteiger partial charge in [0.15, 0.2) is 0 Å². The molecule has 0 aliphatic heterocycles. The maximum atomic E-state index is 11.3. The molecule has 124 valence electrons. The van der Waals surface area contributed by atoms with E-state index in [1.54, 1.807) is 13.3 Å².